The molecule has 0 saturated heterocycles. The van der Waals surface area contributed by atoms with E-state index in [-0.39, 0.29) is 13.0 Å². The fraction of sp³-hybridized carbons (Fsp3) is 0.175. The van der Waals surface area contributed by atoms with Crippen LogP contribution in [0.15, 0.2) is 157 Å². The summed E-state index contributed by atoms with van der Waals surface area (Å²) in [7, 11) is 1.36. The van der Waals surface area contributed by atoms with E-state index in [9.17, 15) is 9.59 Å². The van der Waals surface area contributed by atoms with E-state index < -0.39 is 29.6 Å². The molecule has 6 nitrogen and oxygen atoms in total. The molecule has 0 aliphatic carbocycles. The first-order chi connectivity index (χ1) is 22.6. The van der Waals surface area contributed by atoms with Crippen molar-refractivity contribution >= 4 is 17.7 Å². The van der Waals surface area contributed by atoms with Crippen molar-refractivity contribution in [3.05, 3.63) is 179 Å². The van der Waals surface area contributed by atoms with E-state index in [0.29, 0.717) is 5.71 Å². The van der Waals surface area contributed by atoms with Gasteiger partial charge in [-0.2, -0.15) is 0 Å². The summed E-state index contributed by atoms with van der Waals surface area (Å²) in [5.74, 6) is -1.04. The molecule has 0 spiro atoms. The van der Waals surface area contributed by atoms with Crippen LogP contribution in [0.2, 0.25) is 0 Å². The molecule has 232 valence electrons. The SMILES string of the molecule is CCOC(=O)C(C[C@H](NC(c1ccccc1)(c1ccccc1)c1ccccc1)C(=O)OC)N=C(c1ccccc1)c1ccccc1. The fourth-order valence-corrected chi connectivity index (χ4v) is 5.76. The van der Waals surface area contributed by atoms with Crippen LogP contribution in [0, 0.1) is 0 Å². The van der Waals surface area contributed by atoms with Crippen molar-refractivity contribution in [1.82, 2.24) is 5.32 Å². The van der Waals surface area contributed by atoms with Gasteiger partial charge >= 0.3 is 11.9 Å². The van der Waals surface area contributed by atoms with Gasteiger partial charge in [-0.1, -0.05) is 152 Å². The lowest BCUT2D eigenvalue weighted by molar-refractivity contribution is -0.147. The Morgan fingerprint density at radius 1 is 0.630 bits per heavy atom. The molecule has 46 heavy (non-hydrogen) atoms. The smallest absolute Gasteiger partial charge is 0.330 e. The van der Waals surface area contributed by atoms with E-state index in [2.05, 4.69) is 5.32 Å². The predicted octanol–water partition coefficient (Wildman–Crippen LogP) is 6.97. The largest absolute Gasteiger partial charge is 0.468 e. The zero-order valence-electron chi connectivity index (χ0n) is 26.1. The van der Waals surface area contributed by atoms with Gasteiger partial charge in [-0.05, 0) is 23.6 Å². The maximum atomic E-state index is 13.7. The van der Waals surface area contributed by atoms with Crippen LogP contribution in [-0.2, 0) is 24.6 Å². The number of benzene rings is 5. The number of nitrogens with zero attached hydrogens (tertiary/aromatic N) is 1. The van der Waals surface area contributed by atoms with Crippen LogP contribution in [-0.4, -0.2) is 43.5 Å². The van der Waals surface area contributed by atoms with Crippen molar-refractivity contribution in [1.29, 1.82) is 0 Å². The van der Waals surface area contributed by atoms with Crippen LogP contribution < -0.4 is 5.32 Å². The van der Waals surface area contributed by atoms with Gasteiger partial charge in [0.15, 0.2) is 0 Å². The Bertz CT molecular complexity index is 1570. The van der Waals surface area contributed by atoms with Crippen molar-refractivity contribution in [3.8, 4) is 0 Å². The van der Waals surface area contributed by atoms with E-state index in [0.717, 1.165) is 27.8 Å². The molecule has 0 bridgehead atoms. The van der Waals surface area contributed by atoms with Crippen molar-refractivity contribution < 1.29 is 19.1 Å². The second-order valence-electron chi connectivity index (χ2n) is 10.8. The molecule has 0 fully saturated rings. The van der Waals surface area contributed by atoms with Crippen LogP contribution >= 0.6 is 0 Å². The molecule has 0 heterocycles. The van der Waals surface area contributed by atoms with E-state index in [1.54, 1.807) is 6.92 Å². The number of carbonyl (C=O) groups is 2. The van der Waals surface area contributed by atoms with Gasteiger partial charge in [0, 0.05) is 17.5 Å². The second-order valence-corrected chi connectivity index (χ2v) is 10.8. The zero-order chi connectivity index (χ0) is 32.2. The Morgan fingerprint density at radius 2 is 1.02 bits per heavy atom. The maximum Gasteiger partial charge on any atom is 0.330 e. The van der Waals surface area contributed by atoms with Crippen LogP contribution in [0.25, 0.3) is 0 Å². The predicted molar refractivity (Wildman–Crippen MR) is 182 cm³/mol. The molecule has 5 aromatic rings. The van der Waals surface area contributed by atoms with Gasteiger partial charge in [0.1, 0.15) is 12.1 Å². The lowest BCUT2D eigenvalue weighted by Gasteiger charge is -2.39. The molecule has 0 saturated carbocycles. The topological polar surface area (TPSA) is 77.0 Å². The lowest BCUT2D eigenvalue weighted by Crippen LogP contribution is -2.54. The molecule has 0 aliphatic rings. The fourth-order valence-electron chi connectivity index (χ4n) is 5.76. The summed E-state index contributed by atoms with van der Waals surface area (Å²) in [5, 5.41) is 3.70. The Hall–Kier alpha value is -5.33. The van der Waals surface area contributed by atoms with Gasteiger partial charge in [0.2, 0.25) is 0 Å². The van der Waals surface area contributed by atoms with Crippen LogP contribution in [0.3, 0.4) is 0 Å². The molecule has 0 aliphatic heterocycles. The normalized spacial score (nSPS) is 12.4. The number of hydrogen-bond donors (Lipinski definition) is 1. The monoisotopic (exact) mass is 610 g/mol. The van der Waals surface area contributed by atoms with Gasteiger partial charge < -0.3 is 9.47 Å². The Kier molecular flexibility index (Phi) is 10.9. The summed E-state index contributed by atoms with van der Waals surface area (Å²) in [4.78, 5) is 32.4. The van der Waals surface area contributed by atoms with E-state index in [1.807, 2.05) is 152 Å². The zero-order valence-corrected chi connectivity index (χ0v) is 26.1. The molecule has 1 N–H and O–H groups in total. The Labute approximate surface area is 270 Å². The first-order valence-electron chi connectivity index (χ1n) is 15.4. The summed E-state index contributed by atoms with van der Waals surface area (Å²) in [6.45, 7) is 1.93. The second kappa shape index (κ2) is 15.6. The number of esters is 2. The highest BCUT2D eigenvalue weighted by atomic mass is 16.5. The third-order valence-corrected chi connectivity index (χ3v) is 7.89. The number of ether oxygens (including phenoxy) is 2. The molecule has 0 amide bonds. The number of aliphatic imine (C=N–C) groups is 1. The number of rotatable bonds is 13. The van der Waals surface area contributed by atoms with Gasteiger partial charge in [-0.15, -0.1) is 0 Å². The highest BCUT2D eigenvalue weighted by Gasteiger charge is 2.41. The van der Waals surface area contributed by atoms with E-state index in [4.69, 9.17) is 14.5 Å². The number of hydrogen-bond acceptors (Lipinski definition) is 6. The van der Waals surface area contributed by atoms with Crippen molar-refractivity contribution in [2.75, 3.05) is 13.7 Å². The summed E-state index contributed by atoms with van der Waals surface area (Å²) in [5.41, 5.74) is 4.11. The average Bonchev–Trinajstić information content (AvgIpc) is 3.13. The minimum absolute atomic E-state index is 0.0110. The molecule has 1 unspecified atom stereocenters. The summed E-state index contributed by atoms with van der Waals surface area (Å²) >= 11 is 0. The minimum atomic E-state index is -1.02. The molecule has 5 rings (SSSR count). The van der Waals surface area contributed by atoms with Crippen molar-refractivity contribution in [3.63, 3.8) is 0 Å². The first-order valence-corrected chi connectivity index (χ1v) is 15.4. The average molecular weight is 611 g/mol. The van der Waals surface area contributed by atoms with Crippen LogP contribution in [0.5, 0.6) is 0 Å². The number of carbonyl (C=O) groups excluding carboxylic acids is 2. The van der Waals surface area contributed by atoms with Crippen molar-refractivity contribution in [2.24, 2.45) is 4.99 Å². The van der Waals surface area contributed by atoms with E-state index in [1.165, 1.54) is 7.11 Å². The van der Waals surface area contributed by atoms with Gasteiger partial charge in [0.05, 0.1) is 25.0 Å². The van der Waals surface area contributed by atoms with Gasteiger partial charge in [-0.3, -0.25) is 15.1 Å². The quantitative estimate of drug-likeness (QED) is 0.0886. The highest BCUT2D eigenvalue weighted by molar-refractivity contribution is 6.13. The highest BCUT2D eigenvalue weighted by Crippen LogP contribution is 2.38. The maximum absolute atomic E-state index is 13.7. The molecule has 6 heteroatoms. The summed E-state index contributed by atoms with van der Waals surface area (Å²) in [6.07, 6.45) is -0.0110. The third-order valence-electron chi connectivity index (χ3n) is 7.89. The Balaban J connectivity index is 1.67. The molecule has 2 atom stereocenters. The summed E-state index contributed by atoms with van der Waals surface area (Å²) in [6, 6.07) is 47.3. The van der Waals surface area contributed by atoms with Gasteiger partial charge in [0.25, 0.3) is 0 Å². The standard InChI is InChI=1S/C40H38N2O4/c1-3-46-39(44)35(41-37(30-19-9-4-10-20-30)31-21-11-5-12-22-31)29-36(38(43)45-2)42-40(32-23-13-6-14-24-32,33-25-15-7-16-26-33)34-27-17-8-18-28-34/h4-28,35-36,42H,3,29H2,1-2H3/t35?,36-/m0/s1. The van der Waals surface area contributed by atoms with Crippen molar-refractivity contribution in [2.45, 2.75) is 31.0 Å². The molecule has 0 aromatic heterocycles. The molecular formula is C40H38N2O4. The molecular weight excluding hydrogens is 572 g/mol. The molecule has 0 radical (unpaired) electrons. The minimum Gasteiger partial charge on any atom is -0.468 e. The number of methoxy groups -OCH3 is 1. The lowest BCUT2D eigenvalue weighted by atomic mass is 9.76. The van der Waals surface area contributed by atoms with Crippen LogP contribution in [0.1, 0.15) is 41.2 Å². The summed E-state index contributed by atoms with van der Waals surface area (Å²) < 4.78 is 10.9. The van der Waals surface area contributed by atoms with Gasteiger partial charge in [-0.25, -0.2) is 4.79 Å². The number of nitrogens with one attached hydrogen (secondary N) is 1. The van der Waals surface area contributed by atoms with Crippen LogP contribution in [0.4, 0.5) is 0 Å². The van der Waals surface area contributed by atoms with E-state index >= 15 is 0 Å². The first kappa shape index (κ1) is 32.1. The Morgan fingerprint density at radius 3 is 1.39 bits per heavy atom. The molecule has 5 aromatic carbocycles. The third kappa shape index (κ3) is 7.31.